The van der Waals surface area contributed by atoms with E-state index in [9.17, 15) is 0 Å². The molecule has 0 aliphatic rings. The number of nitrogens with one attached hydrogen (secondary N) is 1. The van der Waals surface area contributed by atoms with Crippen molar-refractivity contribution in [1.82, 2.24) is 10.2 Å². The molecule has 0 atom stereocenters. The topological polar surface area (TPSA) is 37.9 Å². The molecule has 2 aromatic rings. The summed E-state index contributed by atoms with van der Waals surface area (Å²) in [6.45, 7) is 2.10. The molecular weight excluding hydrogens is 188 g/mol. The highest BCUT2D eigenvalue weighted by atomic mass is 16.5. The Morgan fingerprint density at radius 3 is 2.87 bits per heavy atom. The molecule has 1 aromatic heterocycles. The van der Waals surface area contributed by atoms with Gasteiger partial charge >= 0.3 is 0 Å². The zero-order valence-electron chi connectivity index (χ0n) is 8.95. The summed E-state index contributed by atoms with van der Waals surface area (Å²) < 4.78 is 5.17. The number of rotatable bonds is 3. The maximum Gasteiger partial charge on any atom is 0.119 e. The van der Waals surface area contributed by atoms with E-state index >= 15 is 0 Å². The SMILES string of the molecule is CCc1cc(-c2cccc(OC)c2)n[nH]1. The molecule has 0 fully saturated rings. The number of nitrogens with zero attached hydrogens (tertiary/aromatic N) is 1. The van der Waals surface area contributed by atoms with Gasteiger partial charge in [-0.3, -0.25) is 5.10 Å². The summed E-state index contributed by atoms with van der Waals surface area (Å²) in [6, 6.07) is 9.97. The Labute approximate surface area is 89.1 Å². The van der Waals surface area contributed by atoms with Crippen molar-refractivity contribution in [3.05, 3.63) is 36.0 Å². The van der Waals surface area contributed by atoms with E-state index in [1.54, 1.807) is 7.11 Å². The normalized spacial score (nSPS) is 10.3. The molecule has 0 aliphatic carbocycles. The third-order valence-corrected chi connectivity index (χ3v) is 2.38. The number of benzene rings is 1. The first-order valence-electron chi connectivity index (χ1n) is 5.02. The van der Waals surface area contributed by atoms with E-state index in [1.807, 2.05) is 24.3 Å². The first-order chi connectivity index (χ1) is 7.33. The van der Waals surface area contributed by atoms with Crippen LogP contribution in [0.2, 0.25) is 0 Å². The smallest absolute Gasteiger partial charge is 0.119 e. The van der Waals surface area contributed by atoms with Gasteiger partial charge < -0.3 is 4.74 Å². The second-order valence-electron chi connectivity index (χ2n) is 3.36. The van der Waals surface area contributed by atoms with Crippen LogP contribution in [0.3, 0.4) is 0 Å². The van der Waals surface area contributed by atoms with Crippen LogP contribution >= 0.6 is 0 Å². The zero-order chi connectivity index (χ0) is 10.7. The minimum atomic E-state index is 0.855. The molecule has 0 amide bonds. The van der Waals surface area contributed by atoms with Gasteiger partial charge in [-0.2, -0.15) is 5.10 Å². The van der Waals surface area contributed by atoms with Crippen LogP contribution in [0, 0.1) is 0 Å². The third-order valence-electron chi connectivity index (χ3n) is 2.38. The predicted molar refractivity (Wildman–Crippen MR) is 60.0 cm³/mol. The summed E-state index contributed by atoms with van der Waals surface area (Å²) in [4.78, 5) is 0. The van der Waals surface area contributed by atoms with Crippen molar-refractivity contribution in [2.24, 2.45) is 0 Å². The lowest BCUT2D eigenvalue weighted by atomic mass is 10.1. The summed E-state index contributed by atoms with van der Waals surface area (Å²) in [5, 5.41) is 7.25. The van der Waals surface area contributed by atoms with E-state index in [4.69, 9.17) is 4.74 Å². The average Bonchev–Trinajstić information content (AvgIpc) is 2.78. The summed E-state index contributed by atoms with van der Waals surface area (Å²) in [7, 11) is 1.67. The van der Waals surface area contributed by atoms with Gasteiger partial charge in [-0.25, -0.2) is 0 Å². The lowest BCUT2D eigenvalue weighted by molar-refractivity contribution is 0.415. The molecule has 15 heavy (non-hydrogen) atoms. The molecule has 0 saturated carbocycles. The lowest BCUT2D eigenvalue weighted by Crippen LogP contribution is -1.83. The number of aryl methyl sites for hydroxylation is 1. The van der Waals surface area contributed by atoms with Crippen LogP contribution in [-0.2, 0) is 6.42 Å². The molecular formula is C12H14N2O. The molecule has 1 heterocycles. The Kier molecular flexibility index (Phi) is 2.72. The lowest BCUT2D eigenvalue weighted by Gasteiger charge is -2.00. The highest BCUT2D eigenvalue weighted by molar-refractivity contribution is 5.61. The molecule has 0 spiro atoms. The van der Waals surface area contributed by atoms with E-state index < -0.39 is 0 Å². The van der Waals surface area contributed by atoms with E-state index in [-0.39, 0.29) is 0 Å². The average molecular weight is 202 g/mol. The van der Waals surface area contributed by atoms with Crippen molar-refractivity contribution >= 4 is 0 Å². The minimum absolute atomic E-state index is 0.855. The predicted octanol–water partition coefficient (Wildman–Crippen LogP) is 2.65. The van der Waals surface area contributed by atoms with Gasteiger partial charge in [0.25, 0.3) is 0 Å². The van der Waals surface area contributed by atoms with Gasteiger partial charge in [0.05, 0.1) is 12.8 Å². The van der Waals surface area contributed by atoms with Gasteiger partial charge in [-0.05, 0) is 24.6 Å². The van der Waals surface area contributed by atoms with Crippen molar-refractivity contribution in [3.8, 4) is 17.0 Å². The quantitative estimate of drug-likeness (QED) is 0.830. The minimum Gasteiger partial charge on any atom is -0.497 e. The Hall–Kier alpha value is -1.77. The zero-order valence-corrected chi connectivity index (χ0v) is 8.95. The second kappa shape index (κ2) is 4.17. The number of aromatic amines is 1. The highest BCUT2D eigenvalue weighted by Gasteiger charge is 2.03. The fourth-order valence-electron chi connectivity index (χ4n) is 1.47. The number of hydrogen-bond acceptors (Lipinski definition) is 2. The van der Waals surface area contributed by atoms with Crippen LogP contribution < -0.4 is 4.74 Å². The molecule has 2 rings (SSSR count). The molecule has 1 N–H and O–H groups in total. The molecule has 0 saturated heterocycles. The Balaban J connectivity index is 2.35. The first kappa shape index (κ1) is 9.77. The van der Waals surface area contributed by atoms with Crippen molar-refractivity contribution in [2.45, 2.75) is 13.3 Å². The van der Waals surface area contributed by atoms with E-state index in [1.165, 1.54) is 0 Å². The third kappa shape index (κ3) is 2.01. The van der Waals surface area contributed by atoms with Gasteiger partial charge in [-0.15, -0.1) is 0 Å². The molecule has 78 valence electrons. The van der Waals surface area contributed by atoms with Crippen LogP contribution in [0.1, 0.15) is 12.6 Å². The number of hydrogen-bond donors (Lipinski definition) is 1. The monoisotopic (exact) mass is 202 g/mol. The van der Waals surface area contributed by atoms with Gasteiger partial charge in [0.2, 0.25) is 0 Å². The van der Waals surface area contributed by atoms with E-state index in [0.717, 1.165) is 29.1 Å². The van der Waals surface area contributed by atoms with Crippen molar-refractivity contribution < 1.29 is 4.74 Å². The Morgan fingerprint density at radius 2 is 2.20 bits per heavy atom. The maximum atomic E-state index is 5.17. The summed E-state index contributed by atoms with van der Waals surface area (Å²) in [5.41, 5.74) is 3.18. The van der Waals surface area contributed by atoms with Crippen molar-refractivity contribution in [3.63, 3.8) is 0 Å². The molecule has 0 radical (unpaired) electrons. The molecule has 1 aromatic carbocycles. The Bertz CT molecular complexity index is 448. The fourth-order valence-corrected chi connectivity index (χ4v) is 1.47. The number of methoxy groups -OCH3 is 1. The van der Waals surface area contributed by atoms with Gasteiger partial charge in [0.1, 0.15) is 5.75 Å². The standard InChI is InChI=1S/C12H14N2O/c1-3-10-8-12(14-13-10)9-5-4-6-11(7-9)15-2/h4-8H,3H2,1-2H3,(H,13,14). The number of aromatic nitrogens is 2. The van der Waals surface area contributed by atoms with Crippen LogP contribution in [0.25, 0.3) is 11.3 Å². The van der Waals surface area contributed by atoms with Gasteiger partial charge in [0.15, 0.2) is 0 Å². The first-order valence-corrected chi connectivity index (χ1v) is 5.02. The maximum absolute atomic E-state index is 5.17. The molecule has 0 aliphatic heterocycles. The largest absolute Gasteiger partial charge is 0.497 e. The molecule has 0 bridgehead atoms. The number of ether oxygens (including phenoxy) is 1. The highest BCUT2D eigenvalue weighted by Crippen LogP contribution is 2.22. The van der Waals surface area contributed by atoms with Crippen LogP contribution in [-0.4, -0.2) is 17.3 Å². The summed E-state index contributed by atoms with van der Waals surface area (Å²) >= 11 is 0. The second-order valence-corrected chi connectivity index (χ2v) is 3.36. The molecule has 3 nitrogen and oxygen atoms in total. The molecule has 3 heteroatoms. The van der Waals surface area contributed by atoms with Crippen molar-refractivity contribution in [1.29, 1.82) is 0 Å². The molecule has 0 unspecified atom stereocenters. The Morgan fingerprint density at radius 1 is 1.33 bits per heavy atom. The van der Waals surface area contributed by atoms with Crippen LogP contribution in [0.15, 0.2) is 30.3 Å². The van der Waals surface area contributed by atoms with Gasteiger partial charge in [-0.1, -0.05) is 19.1 Å². The van der Waals surface area contributed by atoms with E-state index in [0.29, 0.717) is 0 Å². The van der Waals surface area contributed by atoms with Crippen LogP contribution in [0.5, 0.6) is 5.75 Å². The van der Waals surface area contributed by atoms with Gasteiger partial charge in [0, 0.05) is 11.3 Å². The summed E-state index contributed by atoms with van der Waals surface area (Å²) in [6.07, 6.45) is 0.969. The number of H-pyrrole nitrogens is 1. The summed E-state index contributed by atoms with van der Waals surface area (Å²) in [5.74, 6) is 0.855. The van der Waals surface area contributed by atoms with E-state index in [2.05, 4.69) is 23.2 Å². The fraction of sp³-hybridized carbons (Fsp3) is 0.250. The van der Waals surface area contributed by atoms with Crippen molar-refractivity contribution in [2.75, 3.05) is 7.11 Å². The van der Waals surface area contributed by atoms with Crippen LogP contribution in [0.4, 0.5) is 0 Å².